The zero-order valence-corrected chi connectivity index (χ0v) is 16.8. The standard InChI is InChI=1S/C24H32N2O2/c1-2-25-14-20-19-12-13-21-24(20,28)26(21)23(19)22(17-6-4-3-5-7-17)18-10-8-16(15-27)9-11-18/h8-13,15,17,19-23,25,28H,2-7,14H2,1H3. The van der Waals surface area contributed by atoms with Crippen LogP contribution in [0.4, 0.5) is 0 Å². The van der Waals surface area contributed by atoms with E-state index in [1.54, 1.807) is 0 Å². The van der Waals surface area contributed by atoms with E-state index in [9.17, 15) is 9.90 Å². The maximum Gasteiger partial charge on any atom is 0.150 e. The van der Waals surface area contributed by atoms with Crippen LogP contribution in [0.25, 0.3) is 0 Å². The summed E-state index contributed by atoms with van der Waals surface area (Å²) in [7, 11) is 0. The fraction of sp³-hybridized carbons (Fsp3) is 0.625. The highest BCUT2D eigenvalue weighted by molar-refractivity contribution is 5.74. The highest BCUT2D eigenvalue weighted by atomic mass is 16.3. The van der Waals surface area contributed by atoms with Crippen molar-refractivity contribution < 1.29 is 9.90 Å². The molecule has 4 heteroatoms. The molecule has 0 spiro atoms. The number of benzene rings is 1. The third kappa shape index (κ3) is 2.65. The Labute approximate surface area is 168 Å². The number of nitrogens with zero attached hydrogens (tertiary/aromatic N) is 1. The van der Waals surface area contributed by atoms with Gasteiger partial charge in [-0.05, 0) is 30.9 Å². The largest absolute Gasteiger partial charge is 0.373 e. The van der Waals surface area contributed by atoms with Crippen molar-refractivity contribution in [3.63, 3.8) is 0 Å². The van der Waals surface area contributed by atoms with Gasteiger partial charge in [0, 0.05) is 35.9 Å². The van der Waals surface area contributed by atoms with E-state index in [0.717, 1.165) is 24.9 Å². The van der Waals surface area contributed by atoms with Crippen molar-refractivity contribution in [3.05, 3.63) is 47.5 Å². The maximum atomic E-state index is 11.5. The van der Waals surface area contributed by atoms with Gasteiger partial charge in [0.15, 0.2) is 0 Å². The quantitative estimate of drug-likeness (QED) is 0.433. The van der Waals surface area contributed by atoms with E-state index in [-0.39, 0.29) is 12.0 Å². The Hall–Kier alpha value is -1.49. The Morgan fingerprint density at radius 3 is 2.64 bits per heavy atom. The lowest BCUT2D eigenvalue weighted by Gasteiger charge is -2.41. The molecule has 0 aromatic heterocycles. The first-order valence-electron chi connectivity index (χ1n) is 11.1. The number of aldehydes is 1. The molecule has 0 amide bonds. The van der Waals surface area contributed by atoms with Crippen molar-refractivity contribution in [2.75, 3.05) is 13.1 Å². The van der Waals surface area contributed by atoms with Gasteiger partial charge in [0.05, 0.1) is 6.04 Å². The van der Waals surface area contributed by atoms with Gasteiger partial charge in [0.25, 0.3) is 0 Å². The highest BCUT2D eigenvalue weighted by Gasteiger charge is 2.77. The molecule has 3 heterocycles. The van der Waals surface area contributed by atoms with Crippen LogP contribution in [0.3, 0.4) is 0 Å². The molecule has 4 bridgehead atoms. The van der Waals surface area contributed by atoms with Crippen LogP contribution in [0.2, 0.25) is 0 Å². The Kier molecular flexibility index (Phi) is 4.69. The fourth-order valence-electron chi connectivity index (χ4n) is 6.63. The van der Waals surface area contributed by atoms with Gasteiger partial charge in [0.2, 0.25) is 0 Å². The van der Waals surface area contributed by atoms with Crippen LogP contribution in [-0.2, 0) is 0 Å². The summed E-state index contributed by atoms with van der Waals surface area (Å²) in [6.07, 6.45) is 12.1. The molecule has 2 saturated heterocycles. The number of piperidine rings is 1. The zero-order chi connectivity index (χ0) is 19.3. The van der Waals surface area contributed by atoms with E-state index in [2.05, 4.69) is 41.4 Å². The normalized spacial score (nSPS) is 39.7. The second-order valence-corrected chi connectivity index (χ2v) is 9.21. The predicted octanol–water partition coefficient (Wildman–Crippen LogP) is 3.33. The lowest BCUT2D eigenvalue weighted by Crippen LogP contribution is -2.44. The average Bonchev–Trinajstić information content (AvgIpc) is 3.31. The minimum Gasteiger partial charge on any atom is -0.373 e. The van der Waals surface area contributed by atoms with E-state index in [0.29, 0.717) is 23.8 Å². The molecule has 7 unspecified atom stereocenters. The van der Waals surface area contributed by atoms with Crippen LogP contribution in [0, 0.1) is 17.8 Å². The summed E-state index contributed by atoms with van der Waals surface area (Å²) in [5.74, 6) is 1.76. The van der Waals surface area contributed by atoms with Crippen LogP contribution >= 0.6 is 0 Å². The van der Waals surface area contributed by atoms with Gasteiger partial charge in [-0.1, -0.05) is 62.6 Å². The molecule has 2 N–H and O–H groups in total. The summed E-state index contributed by atoms with van der Waals surface area (Å²) < 4.78 is 0. The van der Waals surface area contributed by atoms with Gasteiger partial charge in [0.1, 0.15) is 12.0 Å². The van der Waals surface area contributed by atoms with Crippen LogP contribution in [0.5, 0.6) is 0 Å². The summed E-state index contributed by atoms with van der Waals surface area (Å²) >= 11 is 0. The van der Waals surface area contributed by atoms with Gasteiger partial charge in [-0.3, -0.25) is 9.69 Å². The van der Waals surface area contributed by atoms with Gasteiger partial charge in [-0.15, -0.1) is 0 Å². The van der Waals surface area contributed by atoms with Crippen LogP contribution in [0.15, 0.2) is 36.4 Å². The monoisotopic (exact) mass is 380 g/mol. The van der Waals surface area contributed by atoms with Crippen molar-refractivity contribution in [3.8, 4) is 0 Å². The summed E-state index contributed by atoms with van der Waals surface area (Å²) in [4.78, 5) is 13.5. The second-order valence-electron chi connectivity index (χ2n) is 9.21. The first-order chi connectivity index (χ1) is 13.7. The molecule has 7 atom stereocenters. The minimum absolute atomic E-state index is 0.187. The molecule has 0 radical (unpaired) electrons. The van der Waals surface area contributed by atoms with Crippen molar-refractivity contribution >= 4 is 6.29 Å². The van der Waals surface area contributed by atoms with Crippen molar-refractivity contribution in [2.45, 2.75) is 62.8 Å². The molecule has 5 aliphatic rings. The molecular formula is C24H32N2O2. The summed E-state index contributed by atoms with van der Waals surface area (Å²) in [6.45, 7) is 3.96. The first-order valence-corrected chi connectivity index (χ1v) is 11.1. The van der Waals surface area contributed by atoms with E-state index in [4.69, 9.17) is 0 Å². The van der Waals surface area contributed by atoms with E-state index in [1.807, 2.05) is 12.1 Å². The SMILES string of the molecule is CCNCC1C2C=CC3N(C2C(c2ccc(C=O)cc2)C2CCCCC2)C13O. The second kappa shape index (κ2) is 7.08. The minimum atomic E-state index is -0.651. The summed E-state index contributed by atoms with van der Waals surface area (Å²) in [6, 6.07) is 8.82. The number of rotatable bonds is 7. The van der Waals surface area contributed by atoms with E-state index < -0.39 is 5.72 Å². The lowest BCUT2D eigenvalue weighted by atomic mass is 9.67. The topological polar surface area (TPSA) is 52.3 Å². The Morgan fingerprint density at radius 2 is 1.96 bits per heavy atom. The Morgan fingerprint density at radius 1 is 1.21 bits per heavy atom. The van der Waals surface area contributed by atoms with Crippen LogP contribution in [0.1, 0.15) is 60.9 Å². The number of carbonyl (C=O) groups is 1. The lowest BCUT2D eigenvalue weighted by molar-refractivity contribution is 0.0522. The van der Waals surface area contributed by atoms with Gasteiger partial charge in [-0.25, -0.2) is 0 Å². The predicted molar refractivity (Wildman–Crippen MR) is 110 cm³/mol. The Balaban J connectivity index is 1.51. The van der Waals surface area contributed by atoms with Crippen LogP contribution < -0.4 is 5.32 Å². The average molecular weight is 381 g/mol. The number of nitrogens with one attached hydrogen (secondary N) is 1. The molecule has 1 aromatic carbocycles. The van der Waals surface area contributed by atoms with Gasteiger partial charge in [-0.2, -0.15) is 0 Å². The van der Waals surface area contributed by atoms with Gasteiger partial charge >= 0.3 is 0 Å². The summed E-state index contributed by atoms with van der Waals surface area (Å²) in [5, 5.41) is 15.0. The van der Waals surface area contributed by atoms with E-state index in [1.165, 1.54) is 37.7 Å². The highest BCUT2D eigenvalue weighted by Crippen LogP contribution is 2.65. The molecule has 28 heavy (non-hydrogen) atoms. The molecule has 1 saturated carbocycles. The molecule has 3 fully saturated rings. The van der Waals surface area contributed by atoms with Gasteiger partial charge < -0.3 is 10.4 Å². The fourth-order valence-corrected chi connectivity index (χ4v) is 6.63. The van der Waals surface area contributed by atoms with Crippen molar-refractivity contribution in [2.24, 2.45) is 17.8 Å². The molecule has 2 aliphatic carbocycles. The van der Waals surface area contributed by atoms with E-state index >= 15 is 0 Å². The number of hydrogen-bond donors (Lipinski definition) is 2. The van der Waals surface area contributed by atoms with Crippen molar-refractivity contribution in [1.82, 2.24) is 10.2 Å². The number of aliphatic hydroxyl groups is 1. The molecule has 3 aliphatic heterocycles. The maximum absolute atomic E-state index is 11.5. The molecule has 6 rings (SSSR count). The van der Waals surface area contributed by atoms with Crippen LogP contribution in [-0.4, -0.2) is 47.2 Å². The third-order valence-electron chi connectivity index (χ3n) is 7.92. The zero-order valence-electron chi connectivity index (χ0n) is 16.8. The molecular weight excluding hydrogens is 348 g/mol. The summed E-state index contributed by atoms with van der Waals surface area (Å²) in [5.41, 5.74) is 1.44. The van der Waals surface area contributed by atoms with Crippen molar-refractivity contribution in [1.29, 1.82) is 0 Å². The Bertz CT molecular complexity index is 754. The molecule has 1 aromatic rings. The molecule has 4 nitrogen and oxygen atoms in total. The first kappa shape index (κ1) is 18.5. The third-order valence-corrected chi connectivity index (χ3v) is 7.92. The smallest absolute Gasteiger partial charge is 0.150 e. The number of carbonyl (C=O) groups excluding carboxylic acids is 1. The number of hydrogen-bond acceptors (Lipinski definition) is 4. The molecule has 150 valence electrons.